The molecule has 1 heterocycles. The zero-order valence-corrected chi connectivity index (χ0v) is 16.9. The number of amides is 1. The maximum Gasteiger partial charge on any atom is 0.265 e. The molecule has 1 aliphatic heterocycles. The van der Waals surface area contributed by atoms with Gasteiger partial charge in [-0.25, -0.2) is 0 Å². The Morgan fingerprint density at radius 3 is 2.50 bits per heavy atom. The van der Waals surface area contributed by atoms with Crippen molar-refractivity contribution in [2.24, 2.45) is 0 Å². The Balaban J connectivity index is 1.47. The summed E-state index contributed by atoms with van der Waals surface area (Å²) in [4.78, 5) is 16.9. The van der Waals surface area contributed by atoms with Crippen molar-refractivity contribution in [3.05, 3.63) is 47.7 Å². The molecule has 0 aromatic heterocycles. The molecule has 2 fully saturated rings. The molecule has 5 nitrogen and oxygen atoms in total. The number of carbonyl (C=O) groups is 1. The first-order valence-electron chi connectivity index (χ1n) is 10.6. The SMILES string of the molecule is CN(C(=O)/C(C#N)=C\NC1CCN(Cc2ccccc2)CC1)C1CCCCC1. The van der Waals surface area contributed by atoms with E-state index in [0.717, 1.165) is 45.3 Å². The normalized spacial score (nSPS) is 19.8. The summed E-state index contributed by atoms with van der Waals surface area (Å²) in [5, 5.41) is 12.8. The fourth-order valence-corrected chi connectivity index (χ4v) is 4.27. The molecule has 0 unspecified atom stereocenters. The smallest absolute Gasteiger partial charge is 0.265 e. The Hall–Kier alpha value is -2.32. The van der Waals surface area contributed by atoms with Gasteiger partial charge in [-0.3, -0.25) is 9.69 Å². The first kappa shape index (κ1) is 20.4. The van der Waals surface area contributed by atoms with Gasteiger partial charge in [-0.05, 0) is 31.2 Å². The van der Waals surface area contributed by atoms with Crippen LogP contribution in [0.15, 0.2) is 42.1 Å². The second-order valence-corrected chi connectivity index (χ2v) is 8.08. The Labute approximate surface area is 169 Å². The third-order valence-electron chi connectivity index (χ3n) is 6.09. The van der Waals surface area contributed by atoms with Gasteiger partial charge in [0.25, 0.3) is 5.91 Å². The summed E-state index contributed by atoms with van der Waals surface area (Å²) >= 11 is 0. The summed E-state index contributed by atoms with van der Waals surface area (Å²) in [7, 11) is 1.84. The highest BCUT2D eigenvalue weighted by atomic mass is 16.2. The molecule has 0 bridgehead atoms. The van der Waals surface area contributed by atoms with Crippen LogP contribution >= 0.6 is 0 Å². The number of nitrogens with one attached hydrogen (secondary N) is 1. The number of hydrogen-bond donors (Lipinski definition) is 1. The van der Waals surface area contributed by atoms with Gasteiger partial charge in [0.2, 0.25) is 0 Å². The van der Waals surface area contributed by atoms with E-state index in [1.54, 1.807) is 11.1 Å². The van der Waals surface area contributed by atoms with Gasteiger partial charge in [-0.2, -0.15) is 5.26 Å². The van der Waals surface area contributed by atoms with Crippen LogP contribution in [0, 0.1) is 11.3 Å². The third kappa shape index (κ3) is 5.59. The second kappa shape index (κ2) is 10.3. The predicted octanol–water partition coefficient (Wildman–Crippen LogP) is 3.44. The maximum atomic E-state index is 12.7. The fourth-order valence-electron chi connectivity index (χ4n) is 4.27. The van der Waals surface area contributed by atoms with Crippen molar-refractivity contribution in [2.75, 3.05) is 20.1 Å². The number of carbonyl (C=O) groups excluding carboxylic acids is 1. The van der Waals surface area contributed by atoms with Gasteiger partial charge in [-0.1, -0.05) is 49.6 Å². The maximum absolute atomic E-state index is 12.7. The summed E-state index contributed by atoms with van der Waals surface area (Å²) in [6, 6.07) is 13.2. The lowest BCUT2D eigenvalue weighted by Gasteiger charge is -2.32. The van der Waals surface area contributed by atoms with Gasteiger partial charge in [0.1, 0.15) is 11.6 Å². The van der Waals surface area contributed by atoms with Crippen LogP contribution in [0.5, 0.6) is 0 Å². The van der Waals surface area contributed by atoms with E-state index in [9.17, 15) is 10.1 Å². The molecule has 1 aromatic carbocycles. The van der Waals surface area contributed by atoms with Crippen molar-refractivity contribution < 1.29 is 4.79 Å². The number of nitriles is 1. The molecule has 150 valence electrons. The van der Waals surface area contributed by atoms with Gasteiger partial charge >= 0.3 is 0 Å². The van der Waals surface area contributed by atoms with Crippen molar-refractivity contribution in [1.82, 2.24) is 15.1 Å². The van der Waals surface area contributed by atoms with E-state index in [1.165, 1.54) is 24.8 Å². The first-order chi connectivity index (χ1) is 13.7. The molecule has 1 amide bonds. The van der Waals surface area contributed by atoms with E-state index in [0.29, 0.717) is 6.04 Å². The molecule has 5 heteroatoms. The number of rotatable bonds is 6. The minimum absolute atomic E-state index is 0.150. The summed E-state index contributed by atoms with van der Waals surface area (Å²) < 4.78 is 0. The topological polar surface area (TPSA) is 59.4 Å². The second-order valence-electron chi connectivity index (χ2n) is 8.08. The van der Waals surface area contributed by atoms with Gasteiger partial charge in [0, 0.05) is 45.0 Å². The van der Waals surface area contributed by atoms with E-state index >= 15 is 0 Å². The lowest BCUT2D eigenvalue weighted by Crippen LogP contribution is -2.41. The molecule has 2 aliphatic rings. The van der Waals surface area contributed by atoms with E-state index < -0.39 is 0 Å². The molecule has 1 saturated carbocycles. The molecule has 1 aliphatic carbocycles. The highest BCUT2D eigenvalue weighted by molar-refractivity contribution is 5.97. The van der Waals surface area contributed by atoms with E-state index in [4.69, 9.17) is 0 Å². The van der Waals surface area contributed by atoms with Gasteiger partial charge < -0.3 is 10.2 Å². The summed E-state index contributed by atoms with van der Waals surface area (Å²) in [6.07, 6.45) is 9.40. The zero-order chi connectivity index (χ0) is 19.8. The summed E-state index contributed by atoms with van der Waals surface area (Å²) in [5.74, 6) is -0.150. The number of likely N-dealkylation sites (N-methyl/N-ethyl adjacent to an activating group) is 1. The van der Waals surface area contributed by atoms with Gasteiger partial charge in [-0.15, -0.1) is 0 Å². The minimum atomic E-state index is -0.150. The molecular formula is C23H32N4O. The number of hydrogen-bond acceptors (Lipinski definition) is 4. The highest BCUT2D eigenvalue weighted by Gasteiger charge is 2.25. The Morgan fingerprint density at radius 1 is 1.18 bits per heavy atom. The first-order valence-corrected chi connectivity index (χ1v) is 10.6. The van der Waals surface area contributed by atoms with Crippen LogP contribution in [0.1, 0.15) is 50.5 Å². The number of benzene rings is 1. The largest absolute Gasteiger partial charge is 0.387 e. The van der Waals surface area contributed by atoms with Crippen molar-refractivity contribution in [3.8, 4) is 6.07 Å². The Morgan fingerprint density at radius 2 is 1.86 bits per heavy atom. The molecule has 28 heavy (non-hydrogen) atoms. The van der Waals surface area contributed by atoms with Crippen molar-refractivity contribution in [2.45, 2.75) is 63.6 Å². The number of likely N-dealkylation sites (tertiary alicyclic amines) is 1. The van der Waals surface area contributed by atoms with Crippen molar-refractivity contribution in [3.63, 3.8) is 0 Å². The van der Waals surface area contributed by atoms with Crippen LogP contribution in [0.3, 0.4) is 0 Å². The molecule has 1 saturated heterocycles. The lowest BCUT2D eigenvalue weighted by molar-refractivity contribution is -0.128. The quantitative estimate of drug-likeness (QED) is 0.607. The standard InChI is InChI=1S/C23H32N4O/c1-26(22-10-6-3-7-11-22)23(28)20(16-24)17-25-21-12-14-27(15-13-21)18-19-8-4-2-5-9-19/h2,4-5,8-9,17,21-22,25H,3,6-7,10-15,18H2,1H3/b20-17-. The van der Waals surface area contributed by atoms with Crippen LogP contribution in [0.4, 0.5) is 0 Å². The predicted molar refractivity (Wildman–Crippen MR) is 111 cm³/mol. The Kier molecular flexibility index (Phi) is 7.50. The van der Waals surface area contributed by atoms with Crippen LogP contribution in [0.2, 0.25) is 0 Å². The molecule has 3 rings (SSSR count). The van der Waals surface area contributed by atoms with Crippen LogP contribution in [-0.4, -0.2) is 47.9 Å². The molecule has 1 N–H and O–H groups in total. The van der Waals surface area contributed by atoms with Crippen LogP contribution in [0.25, 0.3) is 0 Å². The van der Waals surface area contributed by atoms with E-state index in [-0.39, 0.29) is 17.5 Å². The number of piperidine rings is 1. The summed E-state index contributed by atoms with van der Waals surface area (Å²) in [5.41, 5.74) is 1.57. The average molecular weight is 381 g/mol. The zero-order valence-electron chi connectivity index (χ0n) is 16.9. The van der Waals surface area contributed by atoms with Crippen LogP contribution < -0.4 is 5.32 Å². The number of nitrogens with zero attached hydrogens (tertiary/aromatic N) is 3. The van der Waals surface area contributed by atoms with E-state index in [1.807, 2.05) is 13.1 Å². The van der Waals surface area contributed by atoms with Crippen LogP contribution in [-0.2, 0) is 11.3 Å². The van der Waals surface area contributed by atoms with Crippen molar-refractivity contribution >= 4 is 5.91 Å². The molecule has 0 spiro atoms. The highest BCUT2D eigenvalue weighted by Crippen LogP contribution is 2.22. The molecule has 0 atom stereocenters. The lowest BCUT2D eigenvalue weighted by atomic mass is 9.94. The third-order valence-corrected chi connectivity index (χ3v) is 6.09. The summed E-state index contributed by atoms with van der Waals surface area (Å²) in [6.45, 7) is 3.04. The molecular weight excluding hydrogens is 348 g/mol. The van der Waals surface area contributed by atoms with Gasteiger partial charge in [0.05, 0.1) is 0 Å². The molecule has 0 radical (unpaired) electrons. The fraction of sp³-hybridized carbons (Fsp3) is 0.565. The van der Waals surface area contributed by atoms with Crippen molar-refractivity contribution in [1.29, 1.82) is 5.26 Å². The monoisotopic (exact) mass is 380 g/mol. The average Bonchev–Trinajstić information content (AvgIpc) is 2.76. The van der Waals surface area contributed by atoms with E-state index in [2.05, 4.69) is 40.6 Å². The minimum Gasteiger partial charge on any atom is -0.387 e. The Bertz CT molecular complexity index is 695. The molecule has 1 aromatic rings. The van der Waals surface area contributed by atoms with Gasteiger partial charge in [0.15, 0.2) is 0 Å².